The van der Waals surface area contributed by atoms with E-state index in [1.54, 1.807) is 66.7 Å². The predicted octanol–water partition coefficient (Wildman–Crippen LogP) is 6.10. The Kier molecular flexibility index (Phi) is 11.6. The van der Waals surface area contributed by atoms with E-state index in [1.807, 2.05) is 44.2 Å². The van der Waals surface area contributed by atoms with E-state index in [1.165, 1.54) is 24.1 Å². The van der Waals surface area contributed by atoms with E-state index in [0.717, 1.165) is 9.87 Å². The number of anilines is 1. The van der Waals surface area contributed by atoms with Gasteiger partial charge in [-0.2, -0.15) is 0 Å². The number of nitrogens with zero attached hydrogens (tertiary/aromatic N) is 2. The lowest BCUT2D eigenvalue weighted by atomic mass is 10.0. The van der Waals surface area contributed by atoms with E-state index in [4.69, 9.17) is 16.3 Å². The maximum atomic E-state index is 14.6. The Hall–Kier alpha value is -4.34. The van der Waals surface area contributed by atoms with Crippen LogP contribution >= 0.6 is 11.6 Å². The molecule has 4 aromatic carbocycles. The van der Waals surface area contributed by atoms with Gasteiger partial charge in [0, 0.05) is 24.0 Å². The van der Waals surface area contributed by atoms with Gasteiger partial charge in [0.1, 0.15) is 18.3 Å². The molecule has 4 aromatic rings. The molecule has 0 aliphatic heterocycles. The fraction of sp³-hybridized carbons (Fsp3) is 0.257. The zero-order valence-corrected chi connectivity index (χ0v) is 27.2. The van der Waals surface area contributed by atoms with Crippen LogP contribution in [0.1, 0.15) is 31.4 Å². The highest BCUT2D eigenvalue weighted by Crippen LogP contribution is 2.33. The lowest BCUT2D eigenvalue weighted by molar-refractivity contribution is -0.140. The largest absolute Gasteiger partial charge is 0.495 e. The fourth-order valence-corrected chi connectivity index (χ4v) is 6.52. The molecule has 45 heavy (non-hydrogen) atoms. The fourth-order valence-electron chi connectivity index (χ4n) is 4.87. The van der Waals surface area contributed by atoms with Gasteiger partial charge in [-0.1, -0.05) is 97.4 Å². The van der Waals surface area contributed by atoms with Crippen LogP contribution in [0.2, 0.25) is 5.02 Å². The lowest BCUT2D eigenvalue weighted by Crippen LogP contribution is -2.54. The Balaban J connectivity index is 1.84. The standard InChI is InChI=1S/C35H38ClN3O5S/c1-4-26(2)37-35(41)32(23-27-15-7-5-8-16-27)38(24-28-17-11-12-20-30(28)36)34(40)25-39(31-21-13-14-22-33(31)44-3)45(42,43)29-18-9-6-10-19-29/h5-22,26,32H,4,23-25H2,1-3H3,(H,37,41). The van der Waals surface area contributed by atoms with Crippen molar-refractivity contribution < 1.29 is 22.7 Å². The molecule has 0 saturated carbocycles. The maximum Gasteiger partial charge on any atom is 0.264 e. The van der Waals surface area contributed by atoms with Crippen molar-refractivity contribution in [3.05, 3.63) is 125 Å². The molecule has 0 aliphatic carbocycles. The monoisotopic (exact) mass is 647 g/mol. The van der Waals surface area contributed by atoms with Crippen molar-refractivity contribution in [1.29, 1.82) is 0 Å². The SMILES string of the molecule is CCC(C)NC(=O)C(Cc1ccccc1)N(Cc1ccccc1Cl)C(=O)CN(c1ccccc1OC)S(=O)(=O)c1ccccc1. The van der Waals surface area contributed by atoms with Crippen LogP contribution in [-0.4, -0.2) is 50.9 Å². The number of methoxy groups -OCH3 is 1. The maximum absolute atomic E-state index is 14.6. The Morgan fingerprint density at radius 3 is 2.11 bits per heavy atom. The number of rotatable bonds is 14. The van der Waals surface area contributed by atoms with E-state index in [0.29, 0.717) is 17.0 Å². The van der Waals surface area contributed by atoms with E-state index >= 15 is 0 Å². The summed E-state index contributed by atoms with van der Waals surface area (Å²) in [7, 11) is -2.81. The van der Waals surface area contributed by atoms with Gasteiger partial charge in [0.25, 0.3) is 10.0 Å². The zero-order valence-electron chi connectivity index (χ0n) is 25.6. The molecule has 10 heteroatoms. The molecule has 0 bridgehead atoms. The van der Waals surface area contributed by atoms with Crippen molar-refractivity contribution in [2.24, 2.45) is 0 Å². The molecule has 0 spiro atoms. The smallest absolute Gasteiger partial charge is 0.264 e. The minimum absolute atomic E-state index is 0.0108. The van der Waals surface area contributed by atoms with Crippen molar-refractivity contribution in [2.45, 2.75) is 50.2 Å². The predicted molar refractivity (Wildman–Crippen MR) is 178 cm³/mol. The van der Waals surface area contributed by atoms with Crippen LogP contribution in [0.4, 0.5) is 5.69 Å². The summed E-state index contributed by atoms with van der Waals surface area (Å²) in [5.41, 5.74) is 1.66. The van der Waals surface area contributed by atoms with Crippen LogP contribution in [0.5, 0.6) is 5.75 Å². The van der Waals surface area contributed by atoms with Gasteiger partial charge in [-0.25, -0.2) is 8.42 Å². The molecule has 0 radical (unpaired) electrons. The van der Waals surface area contributed by atoms with Crippen LogP contribution < -0.4 is 14.4 Å². The average molecular weight is 648 g/mol. The van der Waals surface area contributed by atoms with Crippen LogP contribution in [-0.2, 0) is 32.6 Å². The number of benzene rings is 4. The molecule has 1 N–H and O–H groups in total. The molecule has 236 valence electrons. The molecule has 2 unspecified atom stereocenters. The molecular formula is C35H38ClN3O5S. The minimum Gasteiger partial charge on any atom is -0.495 e. The molecule has 0 fully saturated rings. The number of sulfonamides is 1. The molecule has 0 aliphatic rings. The third kappa shape index (κ3) is 8.44. The Morgan fingerprint density at radius 1 is 0.867 bits per heavy atom. The number of para-hydroxylation sites is 2. The molecular weight excluding hydrogens is 610 g/mol. The molecule has 0 saturated heterocycles. The summed E-state index contributed by atoms with van der Waals surface area (Å²) in [4.78, 5) is 29.9. The Morgan fingerprint density at radius 2 is 1.47 bits per heavy atom. The zero-order chi connectivity index (χ0) is 32.4. The Labute approximate surface area is 270 Å². The third-order valence-corrected chi connectivity index (χ3v) is 9.68. The van der Waals surface area contributed by atoms with Crippen LogP contribution in [0.15, 0.2) is 114 Å². The Bertz CT molecular complexity index is 1690. The van der Waals surface area contributed by atoms with Gasteiger partial charge < -0.3 is 15.0 Å². The molecule has 4 rings (SSSR count). The van der Waals surface area contributed by atoms with E-state index in [-0.39, 0.29) is 41.2 Å². The number of amides is 2. The number of nitrogens with one attached hydrogen (secondary N) is 1. The summed E-state index contributed by atoms with van der Waals surface area (Å²) in [5.74, 6) is -0.651. The molecule has 2 amide bonds. The first-order valence-electron chi connectivity index (χ1n) is 14.7. The first kappa shape index (κ1) is 33.6. The third-order valence-electron chi connectivity index (χ3n) is 7.53. The summed E-state index contributed by atoms with van der Waals surface area (Å²) in [6, 6.07) is 29.9. The van der Waals surface area contributed by atoms with E-state index < -0.39 is 28.5 Å². The van der Waals surface area contributed by atoms with E-state index in [2.05, 4.69) is 5.32 Å². The van der Waals surface area contributed by atoms with Crippen molar-refractivity contribution in [3.63, 3.8) is 0 Å². The van der Waals surface area contributed by atoms with Crippen molar-refractivity contribution in [3.8, 4) is 5.75 Å². The van der Waals surface area contributed by atoms with Crippen LogP contribution in [0, 0.1) is 0 Å². The molecule has 0 heterocycles. The van der Waals surface area contributed by atoms with Gasteiger partial charge in [-0.3, -0.25) is 13.9 Å². The minimum atomic E-state index is -4.24. The molecule has 0 aromatic heterocycles. The van der Waals surface area contributed by atoms with Gasteiger partial charge in [-0.15, -0.1) is 0 Å². The van der Waals surface area contributed by atoms with Gasteiger partial charge in [-0.05, 0) is 54.8 Å². The van der Waals surface area contributed by atoms with Crippen molar-refractivity contribution in [2.75, 3.05) is 18.0 Å². The number of carbonyl (C=O) groups excluding carboxylic acids is 2. The number of carbonyl (C=O) groups is 2. The topological polar surface area (TPSA) is 96.0 Å². The van der Waals surface area contributed by atoms with Gasteiger partial charge >= 0.3 is 0 Å². The van der Waals surface area contributed by atoms with Crippen LogP contribution in [0.25, 0.3) is 0 Å². The highest BCUT2D eigenvalue weighted by atomic mass is 35.5. The second-order valence-electron chi connectivity index (χ2n) is 10.6. The second-order valence-corrected chi connectivity index (χ2v) is 12.9. The normalized spacial score (nSPS) is 12.5. The second kappa shape index (κ2) is 15.6. The molecule has 8 nitrogen and oxygen atoms in total. The number of halogens is 1. The number of hydrogen-bond acceptors (Lipinski definition) is 5. The quantitative estimate of drug-likeness (QED) is 0.179. The highest BCUT2D eigenvalue weighted by molar-refractivity contribution is 7.92. The number of ether oxygens (including phenoxy) is 1. The summed E-state index contributed by atoms with van der Waals surface area (Å²) >= 11 is 6.56. The van der Waals surface area contributed by atoms with Crippen LogP contribution in [0.3, 0.4) is 0 Å². The molecule has 2 atom stereocenters. The average Bonchev–Trinajstić information content (AvgIpc) is 3.06. The lowest BCUT2D eigenvalue weighted by Gasteiger charge is -2.34. The van der Waals surface area contributed by atoms with Gasteiger partial charge in [0.2, 0.25) is 11.8 Å². The summed E-state index contributed by atoms with van der Waals surface area (Å²) in [5, 5.41) is 3.45. The van der Waals surface area contributed by atoms with E-state index in [9.17, 15) is 18.0 Å². The summed E-state index contributed by atoms with van der Waals surface area (Å²) in [6.07, 6.45) is 0.901. The summed E-state index contributed by atoms with van der Waals surface area (Å²) < 4.78 is 34.9. The van der Waals surface area contributed by atoms with Gasteiger partial charge in [0.15, 0.2) is 0 Å². The van der Waals surface area contributed by atoms with Gasteiger partial charge in [0.05, 0.1) is 17.7 Å². The van der Waals surface area contributed by atoms with Crippen molar-refractivity contribution >= 4 is 39.1 Å². The highest BCUT2D eigenvalue weighted by Gasteiger charge is 2.36. The number of hydrogen-bond donors (Lipinski definition) is 1. The summed E-state index contributed by atoms with van der Waals surface area (Å²) in [6.45, 7) is 3.25. The first-order valence-corrected chi connectivity index (χ1v) is 16.6. The first-order chi connectivity index (χ1) is 21.6. The van der Waals surface area contributed by atoms with Crippen molar-refractivity contribution in [1.82, 2.24) is 10.2 Å².